The molecule has 9 heteroatoms. The van der Waals surface area contributed by atoms with Crippen molar-refractivity contribution < 1.29 is 22.4 Å². The minimum absolute atomic E-state index is 0.107. The van der Waals surface area contributed by atoms with E-state index in [1.54, 1.807) is 13.8 Å². The Morgan fingerprint density at radius 1 is 1.18 bits per heavy atom. The molecule has 2 unspecified atom stereocenters. The minimum Gasteiger partial charge on any atom is -0.274 e. The lowest BCUT2D eigenvalue weighted by Crippen LogP contribution is -2.53. The van der Waals surface area contributed by atoms with Crippen LogP contribution in [0.25, 0.3) is 0 Å². The molecule has 4 rings (SSSR count). The van der Waals surface area contributed by atoms with E-state index in [0.717, 1.165) is 11.2 Å². The summed E-state index contributed by atoms with van der Waals surface area (Å²) in [6.45, 7) is 2.56. The number of nitriles is 1. The second kappa shape index (κ2) is 5.61. The van der Waals surface area contributed by atoms with Crippen molar-refractivity contribution in [1.29, 1.82) is 5.26 Å². The van der Waals surface area contributed by atoms with Crippen molar-refractivity contribution in [1.82, 2.24) is 4.31 Å². The number of anilines is 1. The molecule has 0 aliphatic carbocycles. The largest absolute Gasteiger partial charge is 0.274 e. The number of halogens is 1. The van der Waals surface area contributed by atoms with Crippen molar-refractivity contribution in [2.75, 3.05) is 11.2 Å². The number of hydrogen-bond donors (Lipinski definition) is 0. The summed E-state index contributed by atoms with van der Waals surface area (Å²) >= 11 is 0. The highest BCUT2D eigenvalue weighted by atomic mass is 32.2. The van der Waals surface area contributed by atoms with E-state index >= 15 is 0 Å². The Morgan fingerprint density at radius 3 is 2.14 bits per heavy atom. The molecule has 7 nitrogen and oxygen atoms in total. The zero-order valence-electron chi connectivity index (χ0n) is 15.8. The lowest BCUT2D eigenvalue weighted by Gasteiger charge is -2.36. The molecule has 0 N–H and O–H groups in total. The molecule has 3 aliphatic heterocycles. The number of imide groups is 1. The lowest BCUT2D eigenvalue weighted by atomic mass is 9.69. The molecule has 4 atom stereocenters. The van der Waals surface area contributed by atoms with Gasteiger partial charge in [-0.05, 0) is 44.9 Å². The number of amides is 2. The third kappa shape index (κ3) is 2.13. The Balaban J connectivity index is 1.83. The molecule has 3 fully saturated rings. The summed E-state index contributed by atoms with van der Waals surface area (Å²) < 4.78 is 39.6. The number of alkyl halides is 1. The molecule has 0 spiro atoms. The quantitative estimate of drug-likeness (QED) is 0.713. The van der Waals surface area contributed by atoms with Crippen molar-refractivity contribution >= 4 is 27.5 Å². The first kappa shape index (κ1) is 19.0. The van der Waals surface area contributed by atoms with Crippen LogP contribution in [-0.4, -0.2) is 41.9 Å². The normalized spacial score (nSPS) is 34.8. The first-order valence-electron chi connectivity index (χ1n) is 8.98. The van der Waals surface area contributed by atoms with Crippen LogP contribution in [0.4, 0.5) is 10.1 Å². The fraction of sp³-hybridized carbons (Fsp3) is 0.526. The Bertz CT molecular complexity index is 1030. The second-order valence-corrected chi connectivity index (χ2v) is 10.1. The topological polar surface area (TPSA) is 98.5 Å². The van der Waals surface area contributed by atoms with E-state index in [1.807, 2.05) is 6.07 Å². The van der Waals surface area contributed by atoms with Crippen molar-refractivity contribution in [2.24, 2.45) is 11.8 Å². The smallest absolute Gasteiger partial charge is 0.239 e. The maximum Gasteiger partial charge on any atom is 0.239 e. The van der Waals surface area contributed by atoms with E-state index in [4.69, 9.17) is 5.26 Å². The molecule has 0 radical (unpaired) electrons. The van der Waals surface area contributed by atoms with Gasteiger partial charge < -0.3 is 0 Å². The van der Waals surface area contributed by atoms with Gasteiger partial charge in [-0.3, -0.25) is 9.59 Å². The minimum atomic E-state index is -3.62. The highest BCUT2D eigenvalue weighted by Crippen LogP contribution is 2.63. The van der Waals surface area contributed by atoms with Crippen LogP contribution in [-0.2, 0) is 26.3 Å². The Kier molecular flexibility index (Phi) is 3.81. The van der Waals surface area contributed by atoms with Gasteiger partial charge in [0.2, 0.25) is 21.8 Å². The van der Waals surface area contributed by atoms with Gasteiger partial charge in [0.05, 0.1) is 35.4 Å². The second-order valence-electron chi connectivity index (χ2n) is 8.30. The van der Waals surface area contributed by atoms with Gasteiger partial charge in [-0.25, -0.2) is 17.7 Å². The molecular formula is C19H20FN3O4S. The van der Waals surface area contributed by atoms with Crippen LogP contribution in [0.3, 0.4) is 0 Å². The summed E-state index contributed by atoms with van der Waals surface area (Å²) in [5.74, 6) is -2.50. The molecule has 2 amide bonds. The summed E-state index contributed by atoms with van der Waals surface area (Å²) in [6, 6.07) is 6.07. The molecular weight excluding hydrogens is 385 g/mol. The molecule has 148 valence electrons. The molecule has 1 aromatic carbocycles. The molecule has 0 aromatic heterocycles. The van der Waals surface area contributed by atoms with Gasteiger partial charge in [0.15, 0.2) is 0 Å². The molecule has 1 aromatic rings. The van der Waals surface area contributed by atoms with Gasteiger partial charge in [-0.15, -0.1) is 0 Å². The Labute approximate surface area is 162 Å². The number of sulfonamides is 1. The van der Waals surface area contributed by atoms with Crippen molar-refractivity contribution in [3.63, 3.8) is 0 Å². The van der Waals surface area contributed by atoms with Crippen LogP contribution in [0.5, 0.6) is 0 Å². The Hall–Kier alpha value is -2.31. The predicted octanol–water partition coefficient (Wildman–Crippen LogP) is 1.72. The number of benzene rings is 1. The van der Waals surface area contributed by atoms with E-state index in [0.29, 0.717) is 12.8 Å². The third-order valence-electron chi connectivity index (χ3n) is 6.65. The standard InChI is InChI=1S/C19H20FN3O4S/c1-18-6-7-19(2,23(18)28(3,26)27)15-14(18)16(24)22(17(15)25)13-5-4-11(10-21)12(8-13)9-20/h4-5,8,14-15H,6-7,9H2,1-3H3/t14-,15+,18?,19?. The summed E-state index contributed by atoms with van der Waals surface area (Å²) in [7, 11) is -3.62. The Morgan fingerprint density at radius 2 is 1.71 bits per heavy atom. The van der Waals surface area contributed by atoms with E-state index < -0.39 is 51.4 Å². The SMILES string of the molecule is CC12CCC(C)([C@H]3C(=O)N(c4ccc(C#N)c(CF)c4)C(=O)[C@H]31)N2S(C)(=O)=O. The monoisotopic (exact) mass is 405 g/mol. The number of nitrogens with zero attached hydrogens (tertiary/aromatic N) is 3. The van der Waals surface area contributed by atoms with Gasteiger partial charge in [-0.2, -0.15) is 9.57 Å². The third-order valence-corrected chi connectivity index (χ3v) is 8.15. The van der Waals surface area contributed by atoms with Gasteiger partial charge >= 0.3 is 0 Å². The van der Waals surface area contributed by atoms with E-state index in [9.17, 15) is 22.4 Å². The van der Waals surface area contributed by atoms with Crippen molar-refractivity contribution in [3.8, 4) is 6.07 Å². The fourth-order valence-electron chi connectivity index (χ4n) is 5.73. The van der Waals surface area contributed by atoms with Gasteiger partial charge in [0, 0.05) is 16.6 Å². The van der Waals surface area contributed by atoms with Crippen LogP contribution in [0.1, 0.15) is 37.8 Å². The number of rotatable bonds is 3. The zero-order chi connectivity index (χ0) is 20.6. The van der Waals surface area contributed by atoms with Crippen molar-refractivity contribution in [3.05, 3.63) is 29.3 Å². The highest BCUT2D eigenvalue weighted by molar-refractivity contribution is 7.88. The summed E-state index contributed by atoms with van der Waals surface area (Å²) in [5.41, 5.74) is -1.47. The van der Waals surface area contributed by atoms with E-state index in [2.05, 4.69) is 0 Å². The van der Waals surface area contributed by atoms with Crippen LogP contribution in [0, 0.1) is 23.2 Å². The molecule has 3 saturated heterocycles. The summed E-state index contributed by atoms with van der Waals surface area (Å²) in [4.78, 5) is 27.6. The first-order chi connectivity index (χ1) is 13.0. The highest BCUT2D eigenvalue weighted by Gasteiger charge is 2.77. The number of hydrogen-bond acceptors (Lipinski definition) is 5. The van der Waals surface area contributed by atoms with E-state index in [1.165, 1.54) is 22.5 Å². The maximum atomic E-state index is 13.3. The van der Waals surface area contributed by atoms with Crippen molar-refractivity contribution in [2.45, 2.75) is 44.4 Å². The zero-order valence-corrected chi connectivity index (χ0v) is 16.6. The van der Waals surface area contributed by atoms with Crippen LogP contribution < -0.4 is 4.90 Å². The molecule has 0 saturated carbocycles. The fourth-order valence-corrected chi connectivity index (χ4v) is 7.65. The number of fused-ring (bicyclic) bond motifs is 5. The average molecular weight is 405 g/mol. The summed E-state index contributed by atoms with van der Waals surface area (Å²) in [6.07, 6.45) is 2.10. The summed E-state index contributed by atoms with van der Waals surface area (Å²) in [5, 5.41) is 9.07. The maximum absolute atomic E-state index is 13.3. The van der Waals surface area contributed by atoms with Gasteiger partial charge in [0.25, 0.3) is 0 Å². The average Bonchev–Trinajstić information content (AvgIpc) is 3.14. The molecule has 28 heavy (non-hydrogen) atoms. The van der Waals surface area contributed by atoms with Crippen LogP contribution >= 0.6 is 0 Å². The van der Waals surface area contributed by atoms with E-state index in [-0.39, 0.29) is 16.8 Å². The molecule has 3 heterocycles. The predicted molar refractivity (Wildman–Crippen MR) is 98.2 cm³/mol. The first-order valence-corrected chi connectivity index (χ1v) is 10.8. The number of carbonyl (C=O) groups excluding carboxylic acids is 2. The molecule has 2 bridgehead atoms. The van der Waals surface area contributed by atoms with Gasteiger partial charge in [-0.1, -0.05) is 0 Å². The number of carbonyl (C=O) groups is 2. The van der Waals surface area contributed by atoms with Crippen LogP contribution in [0.2, 0.25) is 0 Å². The van der Waals surface area contributed by atoms with Gasteiger partial charge in [0.1, 0.15) is 6.67 Å². The lowest BCUT2D eigenvalue weighted by molar-refractivity contribution is -0.124. The molecule has 3 aliphatic rings. The van der Waals surface area contributed by atoms with Crippen LogP contribution in [0.15, 0.2) is 18.2 Å².